The zero-order valence-corrected chi connectivity index (χ0v) is 14.1. The molecule has 0 radical (unpaired) electrons. The van der Waals surface area contributed by atoms with Gasteiger partial charge in [0.15, 0.2) is 5.70 Å². The molecular weight excluding hydrogens is 389 g/mol. The zero-order valence-electron chi connectivity index (χ0n) is 11.0. The van der Waals surface area contributed by atoms with Crippen molar-refractivity contribution in [2.75, 3.05) is 0 Å². The smallest absolute Gasteiger partial charge is 0.363 e. The molecule has 0 bridgehead atoms. The number of cyclic esters (lactones) is 1. The Morgan fingerprint density at radius 3 is 2.68 bits per heavy atom. The fraction of sp³-hybridized carbons (Fsp3) is 0. The highest BCUT2D eigenvalue weighted by Gasteiger charge is 2.24. The number of aliphatic imine (C=N–C) groups is 1. The minimum absolute atomic E-state index is 0.194. The molecule has 0 unspecified atom stereocenters. The van der Waals surface area contributed by atoms with Gasteiger partial charge in [-0.05, 0) is 42.0 Å². The molecule has 0 saturated carbocycles. The van der Waals surface area contributed by atoms with Crippen molar-refractivity contribution in [1.82, 2.24) is 0 Å². The lowest BCUT2D eigenvalue weighted by molar-refractivity contribution is -0.129. The van der Waals surface area contributed by atoms with Crippen LogP contribution in [0.4, 0.5) is 0 Å². The number of hydrogen-bond donors (Lipinski definition) is 0. The molecule has 0 N–H and O–H groups in total. The highest BCUT2D eigenvalue weighted by molar-refractivity contribution is 9.10. The SMILES string of the molecule is O=C1OC(c2cccc(Br)c2)=N/C1=C\c1ccc(Cl)cc1Cl. The van der Waals surface area contributed by atoms with Gasteiger partial charge in [-0.2, -0.15) is 0 Å². The molecule has 0 atom stereocenters. The number of halogens is 3. The molecule has 2 aromatic carbocycles. The molecule has 6 heteroatoms. The summed E-state index contributed by atoms with van der Waals surface area (Å²) in [5.41, 5.74) is 1.56. The largest absolute Gasteiger partial charge is 0.402 e. The topological polar surface area (TPSA) is 38.7 Å². The van der Waals surface area contributed by atoms with Gasteiger partial charge in [0, 0.05) is 20.1 Å². The van der Waals surface area contributed by atoms with Gasteiger partial charge in [0.25, 0.3) is 0 Å². The van der Waals surface area contributed by atoms with Crippen molar-refractivity contribution in [2.45, 2.75) is 0 Å². The first-order valence-electron chi connectivity index (χ1n) is 6.26. The Morgan fingerprint density at radius 1 is 1.14 bits per heavy atom. The Labute approximate surface area is 145 Å². The number of rotatable bonds is 2. The molecule has 3 nitrogen and oxygen atoms in total. The van der Waals surface area contributed by atoms with Crippen molar-refractivity contribution in [2.24, 2.45) is 4.99 Å². The van der Waals surface area contributed by atoms with E-state index in [9.17, 15) is 4.79 Å². The van der Waals surface area contributed by atoms with Crippen LogP contribution in [0.3, 0.4) is 0 Å². The molecule has 0 amide bonds. The lowest BCUT2D eigenvalue weighted by atomic mass is 10.2. The summed E-state index contributed by atoms with van der Waals surface area (Å²) in [6, 6.07) is 12.4. The van der Waals surface area contributed by atoms with Crippen LogP contribution in [0.2, 0.25) is 10.0 Å². The van der Waals surface area contributed by atoms with E-state index in [2.05, 4.69) is 20.9 Å². The van der Waals surface area contributed by atoms with E-state index in [-0.39, 0.29) is 11.6 Å². The van der Waals surface area contributed by atoms with Crippen molar-refractivity contribution in [3.8, 4) is 0 Å². The van der Waals surface area contributed by atoms with Crippen molar-refractivity contribution < 1.29 is 9.53 Å². The average Bonchev–Trinajstić information content (AvgIpc) is 2.83. The van der Waals surface area contributed by atoms with Gasteiger partial charge in [-0.1, -0.05) is 51.3 Å². The fourth-order valence-corrected chi connectivity index (χ4v) is 2.78. The molecule has 2 aromatic rings. The van der Waals surface area contributed by atoms with Crippen LogP contribution in [0.1, 0.15) is 11.1 Å². The molecule has 0 fully saturated rings. The van der Waals surface area contributed by atoms with E-state index in [1.807, 2.05) is 24.3 Å². The minimum atomic E-state index is -0.513. The van der Waals surface area contributed by atoms with Gasteiger partial charge < -0.3 is 4.74 Å². The number of hydrogen-bond acceptors (Lipinski definition) is 3. The first-order chi connectivity index (χ1) is 10.5. The molecular formula is C16H8BrCl2NO2. The van der Waals surface area contributed by atoms with Crippen molar-refractivity contribution in [1.29, 1.82) is 0 Å². The summed E-state index contributed by atoms with van der Waals surface area (Å²) in [7, 11) is 0. The van der Waals surface area contributed by atoms with Crippen molar-refractivity contribution in [3.05, 3.63) is 73.8 Å². The maximum absolute atomic E-state index is 11.9. The number of esters is 1. The van der Waals surface area contributed by atoms with E-state index in [0.29, 0.717) is 21.2 Å². The summed E-state index contributed by atoms with van der Waals surface area (Å²) < 4.78 is 6.08. The van der Waals surface area contributed by atoms with E-state index < -0.39 is 5.97 Å². The summed E-state index contributed by atoms with van der Waals surface area (Å²) in [6.45, 7) is 0. The number of ether oxygens (including phenoxy) is 1. The molecule has 22 heavy (non-hydrogen) atoms. The van der Waals surface area contributed by atoms with Gasteiger partial charge in [0.2, 0.25) is 5.90 Å². The van der Waals surface area contributed by atoms with Crippen molar-refractivity contribution >= 4 is 57.1 Å². The fourth-order valence-electron chi connectivity index (χ4n) is 1.92. The van der Waals surface area contributed by atoms with Gasteiger partial charge in [0.1, 0.15) is 0 Å². The zero-order chi connectivity index (χ0) is 15.7. The second kappa shape index (κ2) is 6.24. The first kappa shape index (κ1) is 15.3. The normalized spacial score (nSPS) is 15.9. The highest BCUT2D eigenvalue weighted by atomic mass is 79.9. The van der Waals surface area contributed by atoms with Gasteiger partial charge in [-0.3, -0.25) is 0 Å². The third kappa shape index (κ3) is 3.24. The maximum Gasteiger partial charge on any atom is 0.363 e. The molecule has 1 heterocycles. The Kier molecular flexibility index (Phi) is 4.34. The van der Waals surface area contributed by atoms with Crippen LogP contribution in [0, 0.1) is 0 Å². The van der Waals surface area contributed by atoms with Crippen LogP contribution in [0.5, 0.6) is 0 Å². The van der Waals surface area contributed by atoms with E-state index in [0.717, 1.165) is 4.47 Å². The minimum Gasteiger partial charge on any atom is -0.402 e. The number of benzene rings is 2. The Hall–Kier alpha value is -1.62. The summed E-state index contributed by atoms with van der Waals surface area (Å²) in [5.74, 6) is -0.247. The average molecular weight is 397 g/mol. The predicted molar refractivity (Wildman–Crippen MR) is 91.2 cm³/mol. The quantitative estimate of drug-likeness (QED) is 0.523. The molecule has 0 aliphatic carbocycles. The van der Waals surface area contributed by atoms with Crippen LogP contribution in [-0.2, 0) is 9.53 Å². The van der Waals surface area contributed by atoms with Gasteiger partial charge >= 0.3 is 5.97 Å². The van der Waals surface area contributed by atoms with E-state index in [1.165, 1.54) is 0 Å². The monoisotopic (exact) mass is 395 g/mol. The third-order valence-electron chi connectivity index (χ3n) is 2.95. The van der Waals surface area contributed by atoms with Gasteiger partial charge in [0.05, 0.1) is 0 Å². The lowest BCUT2D eigenvalue weighted by Crippen LogP contribution is -2.05. The standard InChI is InChI=1S/C16H8BrCl2NO2/c17-11-3-1-2-10(6-11)15-20-14(16(21)22-15)7-9-4-5-12(18)8-13(9)19/h1-8H/b14-7-. The molecule has 0 saturated heterocycles. The number of carbonyl (C=O) groups is 1. The summed E-state index contributed by atoms with van der Waals surface area (Å²) in [5, 5.41) is 0.971. The second-order valence-electron chi connectivity index (χ2n) is 4.51. The van der Waals surface area contributed by atoms with Crippen LogP contribution in [-0.4, -0.2) is 11.9 Å². The Morgan fingerprint density at radius 2 is 1.95 bits per heavy atom. The molecule has 3 rings (SSSR count). The lowest BCUT2D eigenvalue weighted by Gasteiger charge is -1.99. The Balaban J connectivity index is 1.97. The maximum atomic E-state index is 11.9. The van der Waals surface area contributed by atoms with E-state index in [1.54, 1.807) is 24.3 Å². The van der Waals surface area contributed by atoms with Crippen LogP contribution in [0.25, 0.3) is 6.08 Å². The summed E-state index contributed by atoms with van der Waals surface area (Å²) >= 11 is 15.3. The van der Waals surface area contributed by atoms with Gasteiger partial charge in [-0.15, -0.1) is 0 Å². The molecule has 0 spiro atoms. The first-order valence-corrected chi connectivity index (χ1v) is 7.81. The summed E-state index contributed by atoms with van der Waals surface area (Å²) in [6.07, 6.45) is 1.58. The third-order valence-corrected chi connectivity index (χ3v) is 4.00. The molecule has 0 aromatic heterocycles. The predicted octanol–water partition coefficient (Wildman–Crippen LogP) is 5.10. The molecule has 110 valence electrons. The van der Waals surface area contributed by atoms with Crippen LogP contribution in [0.15, 0.2) is 57.6 Å². The van der Waals surface area contributed by atoms with Crippen molar-refractivity contribution in [3.63, 3.8) is 0 Å². The number of carbonyl (C=O) groups excluding carboxylic acids is 1. The molecule has 1 aliphatic rings. The second-order valence-corrected chi connectivity index (χ2v) is 6.27. The van der Waals surface area contributed by atoms with E-state index in [4.69, 9.17) is 27.9 Å². The highest BCUT2D eigenvalue weighted by Crippen LogP contribution is 2.26. The van der Waals surface area contributed by atoms with Crippen LogP contribution >= 0.6 is 39.1 Å². The number of nitrogens with zero attached hydrogens (tertiary/aromatic N) is 1. The Bertz CT molecular complexity index is 831. The summed E-state index contributed by atoms with van der Waals surface area (Å²) in [4.78, 5) is 16.2. The van der Waals surface area contributed by atoms with Gasteiger partial charge in [-0.25, -0.2) is 9.79 Å². The van der Waals surface area contributed by atoms with Crippen LogP contribution < -0.4 is 0 Å². The molecule has 1 aliphatic heterocycles. The van der Waals surface area contributed by atoms with E-state index >= 15 is 0 Å².